The molecule has 0 spiro atoms. The van der Waals surface area contributed by atoms with Gasteiger partial charge in [-0.05, 0) is 22.0 Å². The maximum atomic E-state index is 10.5. The van der Waals surface area contributed by atoms with Crippen LogP contribution < -0.4 is 0 Å². The molecule has 0 fully saturated rings. The molecule has 6 nitrogen and oxygen atoms in total. The first-order chi connectivity index (χ1) is 7.58. The van der Waals surface area contributed by atoms with Crippen molar-refractivity contribution in [1.29, 1.82) is 0 Å². The van der Waals surface area contributed by atoms with Gasteiger partial charge in [0.05, 0.1) is 21.3 Å². The molecule has 0 aliphatic rings. The Kier molecular flexibility index (Phi) is 2.61. The average molecular weight is 284 g/mol. The highest BCUT2D eigenvalue weighted by molar-refractivity contribution is 9.10. The number of aromatic hydroxyl groups is 1. The summed E-state index contributed by atoms with van der Waals surface area (Å²) in [6.07, 6.45) is 3.26. The van der Waals surface area contributed by atoms with E-state index in [4.69, 9.17) is 0 Å². The van der Waals surface area contributed by atoms with Crippen molar-refractivity contribution < 1.29 is 10.0 Å². The molecule has 0 amide bonds. The number of hydrogen-bond donors (Lipinski definition) is 1. The van der Waals surface area contributed by atoms with Gasteiger partial charge in [0.1, 0.15) is 0 Å². The number of hydrogen-bond acceptors (Lipinski definition) is 4. The summed E-state index contributed by atoms with van der Waals surface area (Å²) >= 11 is 3.23. The minimum absolute atomic E-state index is 0.324. The smallest absolute Gasteiger partial charge is 0.310 e. The van der Waals surface area contributed by atoms with Crippen molar-refractivity contribution in [2.75, 3.05) is 0 Å². The van der Waals surface area contributed by atoms with E-state index in [2.05, 4.69) is 21.0 Å². The summed E-state index contributed by atoms with van der Waals surface area (Å²) in [5.74, 6) is -0.380. The zero-order valence-electron chi connectivity index (χ0n) is 7.87. The van der Waals surface area contributed by atoms with Gasteiger partial charge in [0.2, 0.25) is 0 Å². The van der Waals surface area contributed by atoms with Crippen molar-refractivity contribution in [2.45, 2.75) is 0 Å². The zero-order valence-corrected chi connectivity index (χ0v) is 9.46. The van der Waals surface area contributed by atoms with Crippen LogP contribution in [0.2, 0.25) is 0 Å². The summed E-state index contributed by atoms with van der Waals surface area (Å²) in [6.45, 7) is 0. The lowest BCUT2D eigenvalue weighted by Gasteiger charge is -2.01. The number of nitro benzene ring substituents is 1. The van der Waals surface area contributed by atoms with Gasteiger partial charge in [-0.2, -0.15) is 5.10 Å². The van der Waals surface area contributed by atoms with Gasteiger partial charge in [-0.3, -0.25) is 10.1 Å². The first kappa shape index (κ1) is 10.6. The summed E-state index contributed by atoms with van der Waals surface area (Å²) in [5.41, 5.74) is 0.226. The van der Waals surface area contributed by atoms with Crippen LogP contribution in [0, 0.1) is 10.1 Å². The number of phenolic OH excluding ortho intramolecular Hbond substituents is 1. The molecule has 0 unspecified atom stereocenters. The molecule has 0 atom stereocenters. The van der Waals surface area contributed by atoms with Crippen LogP contribution in [-0.4, -0.2) is 19.8 Å². The van der Waals surface area contributed by atoms with Gasteiger partial charge in [0.15, 0.2) is 5.75 Å². The van der Waals surface area contributed by atoms with Crippen LogP contribution in [0.3, 0.4) is 0 Å². The third-order valence-corrected chi connectivity index (χ3v) is 2.38. The van der Waals surface area contributed by atoms with Crippen LogP contribution in [0.5, 0.6) is 5.75 Å². The highest BCUT2D eigenvalue weighted by atomic mass is 79.9. The van der Waals surface area contributed by atoms with Crippen molar-refractivity contribution in [3.8, 4) is 11.4 Å². The van der Waals surface area contributed by atoms with Crippen LogP contribution >= 0.6 is 15.9 Å². The summed E-state index contributed by atoms with van der Waals surface area (Å²) in [5, 5.41) is 23.9. The number of nitrogens with zero attached hydrogens (tertiary/aromatic N) is 3. The standard InChI is InChI=1S/C9H6BrN3O3/c10-6-4-11-12(5-6)7-1-2-8(13(15)16)9(14)3-7/h1-5,14H. The van der Waals surface area contributed by atoms with Gasteiger partial charge in [0.25, 0.3) is 0 Å². The lowest BCUT2D eigenvalue weighted by Crippen LogP contribution is -1.95. The van der Waals surface area contributed by atoms with E-state index < -0.39 is 4.92 Å². The van der Waals surface area contributed by atoms with Crippen molar-refractivity contribution in [3.63, 3.8) is 0 Å². The van der Waals surface area contributed by atoms with Gasteiger partial charge < -0.3 is 5.11 Å². The number of rotatable bonds is 2. The fourth-order valence-electron chi connectivity index (χ4n) is 1.25. The Hall–Kier alpha value is -1.89. The average Bonchev–Trinajstić information content (AvgIpc) is 2.64. The minimum Gasteiger partial charge on any atom is -0.502 e. The Labute approximate surface area is 98.4 Å². The summed E-state index contributed by atoms with van der Waals surface area (Å²) < 4.78 is 2.28. The number of aromatic nitrogens is 2. The summed E-state index contributed by atoms with van der Waals surface area (Å²) in [7, 11) is 0. The second-order valence-corrected chi connectivity index (χ2v) is 3.95. The SMILES string of the molecule is O=[N+]([O-])c1ccc(-n2cc(Br)cn2)cc1O. The van der Waals surface area contributed by atoms with Gasteiger partial charge in [-0.15, -0.1) is 0 Å². The lowest BCUT2D eigenvalue weighted by atomic mass is 10.2. The third-order valence-electron chi connectivity index (χ3n) is 1.97. The second kappa shape index (κ2) is 3.93. The van der Waals surface area contributed by atoms with Gasteiger partial charge >= 0.3 is 5.69 Å². The highest BCUT2D eigenvalue weighted by Gasteiger charge is 2.13. The highest BCUT2D eigenvalue weighted by Crippen LogP contribution is 2.27. The van der Waals surface area contributed by atoms with Gasteiger partial charge in [-0.1, -0.05) is 0 Å². The molecule has 0 radical (unpaired) electrons. The molecule has 16 heavy (non-hydrogen) atoms. The Morgan fingerprint density at radius 3 is 2.75 bits per heavy atom. The van der Waals surface area contributed by atoms with E-state index in [0.717, 1.165) is 4.47 Å². The molecule has 0 aliphatic carbocycles. The first-order valence-corrected chi connectivity index (χ1v) is 5.05. The van der Waals surface area contributed by atoms with Crippen molar-refractivity contribution >= 4 is 21.6 Å². The molecule has 2 aromatic rings. The van der Waals surface area contributed by atoms with Crippen molar-refractivity contribution in [1.82, 2.24) is 9.78 Å². The van der Waals surface area contributed by atoms with Crippen LogP contribution in [0.1, 0.15) is 0 Å². The second-order valence-electron chi connectivity index (χ2n) is 3.03. The van der Waals surface area contributed by atoms with E-state index in [1.807, 2.05) is 0 Å². The van der Waals surface area contributed by atoms with Gasteiger partial charge in [0, 0.05) is 18.3 Å². The van der Waals surface area contributed by atoms with Crippen LogP contribution in [0.15, 0.2) is 35.1 Å². The Morgan fingerprint density at radius 2 is 2.25 bits per heavy atom. The van der Waals surface area contributed by atoms with E-state index >= 15 is 0 Å². The Balaban J connectivity index is 2.45. The van der Waals surface area contributed by atoms with Gasteiger partial charge in [-0.25, -0.2) is 4.68 Å². The molecule has 1 heterocycles. The third kappa shape index (κ3) is 1.89. The maximum Gasteiger partial charge on any atom is 0.310 e. The predicted octanol–water partition coefficient (Wildman–Crippen LogP) is 2.25. The monoisotopic (exact) mass is 283 g/mol. The van der Waals surface area contributed by atoms with E-state index in [0.29, 0.717) is 5.69 Å². The molecule has 1 N–H and O–H groups in total. The molecule has 0 saturated heterocycles. The van der Waals surface area contributed by atoms with Crippen LogP contribution in [0.25, 0.3) is 5.69 Å². The fourth-order valence-corrected chi connectivity index (χ4v) is 1.54. The predicted molar refractivity (Wildman–Crippen MR) is 59.6 cm³/mol. The molecule has 1 aromatic heterocycles. The largest absolute Gasteiger partial charge is 0.502 e. The lowest BCUT2D eigenvalue weighted by molar-refractivity contribution is -0.385. The summed E-state index contributed by atoms with van der Waals surface area (Å²) in [6, 6.07) is 4.04. The molecule has 0 saturated carbocycles. The summed E-state index contributed by atoms with van der Waals surface area (Å²) in [4.78, 5) is 9.85. The molecule has 82 valence electrons. The number of benzene rings is 1. The van der Waals surface area contributed by atoms with E-state index in [9.17, 15) is 15.2 Å². The van der Waals surface area contributed by atoms with Crippen LogP contribution in [-0.2, 0) is 0 Å². The number of nitro groups is 1. The quantitative estimate of drug-likeness (QED) is 0.677. The maximum absolute atomic E-state index is 10.5. The van der Waals surface area contributed by atoms with Crippen molar-refractivity contribution in [2.24, 2.45) is 0 Å². The van der Waals surface area contributed by atoms with E-state index in [1.54, 1.807) is 12.4 Å². The topological polar surface area (TPSA) is 81.2 Å². The number of phenols is 1. The Morgan fingerprint density at radius 1 is 1.50 bits per heavy atom. The Bertz CT molecular complexity index is 553. The fraction of sp³-hybridized carbons (Fsp3) is 0. The molecule has 1 aromatic carbocycles. The van der Waals surface area contributed by atoms with Crippen LogP contribution in [0.4, 0.5) is 5.69 Å². The molecule has 0 aliphatic heterocycles. The molecular weight excluding hydrogens is 278 g/mol. The molecule has 2 rings (SSSR count). The normalized spacial score (nSPS) is 10.3. The van der Waals surface area contributed by atoms with E-state index in [1.165, 1.54) is 22.9 Å². The number of halogens is 1. The molecule has 0 bridgehead atoms. The van der Waals surface area contributed by atoms with Crippen molar-refractivity contribution in [3.05, 3.63) is 45.2 Å². The van der Waals surface area contributed by atoms with E-state index in [-0.39, 0.29) is 11.4 Å². The molecular formula is C9H6BrN3O3. The zero-order chi connectivity index (χ0) is 11.7. The minimum atomic E-state index is -0.641. The molecule has 7 heteroatoms. The first-order valence-electron chi connectivity index (χ1n) is 4.26.